The van der Waals surface area contributed by atoms with E-state index < -0.39 is 24.0 Å². The Labute approximate surface area is 230 Å². The van der Waals surface area contributed by atoms with E-state index in [1.165, 1.54) is 21.6 Å². The smallest absolute Gasteiger partial charge is 0.327 e. The Kier molecular flexibility index (Phi) is 22.6. The predicted octanol–water partition coefficient (Wildman–Crippen LogP) is 2.97. The number of nitrogens with one attached hydrogen (secondary N) is 3. The zero-order valence-electron chi connectivity index (χ0n) is 22.8. The molecule has 0 aromatic rings. The molecule has 10 nitrogen and oxygen atoms in total. The highest BCUT2D eigenvalue weighted by molar-refractivity contribution is 8.76. The van der Waals surface area contributed by atoms with E-state index >= 15 is 0 Å². The fourth-order valence-electron chi connectivity index (χ4n) is 3.48. The number of amides is 2. The second kappa shape index (κ2) is 23.6. The second-order valence-corrected chi connectivity index (χ2v) is 12.0. The van der Waals surface area contributed by atoms with Crippen molar-refractivity contribution in [2.24, 2.45) is 0 Å². The monoisotopic (exact) mass is 564 g/mol. The molecular weight excluding hydrogens is 516 g/mol. The Morgan fingerprint density at radius 3 is 1.49 bits per heavy atom. The second-order valence-electron chi connectivity index (χ2n) is 9.43. The zero-order chi connectivity index (χ0) is 27.9. The molecule has 0 aromatic heterocycles. The van der Waals surface area contributed by atoms with E-state index in [0.29, 0.717) is 6.42 Å². The van der Waals surface area contributed by atoms with Crippen LogP contribution in [0.2, 0.25) is 0 Å². The van der Waals surface area contributed by atoms with Gasteiger partial charge in [0.15, 0.2) is 0 Å². The van der Waals surface area contributed by atoms with Gasteiger partial charge in [0.2, 0.25) is 11.8 Å². The van der Waals surface area contributed by atoms with Crippen molar-refractivity contribution in [1.29, 1.82) is 0 Å². The third kappa shape index (κ3) is 22.2. The summed E-state index contributed by atoms with van der Waals surface area (Å²) in [6.07, 6.45) is 10.4. The zero-order valence-corrected chi connectivity index (χ0v) is 24.4. The Balaban J connectivity index is 4.14. The van der Waals surface area contributed by atoms with Crippen molar-refractivity contribution in [1.82, 2.24) is 20.9 Å². The molecule has 0 saturated carbocycles. The molecule has 0 bridgehead atoms. The number of rotatable bonds is 25. The van der Waals surface area contributed by atoms with Crippen LogP contribution in [0.5, 0.6) is 0 Å². The van der Waals surface area contributed by atoms with E-state index in [-0.39, 0.29) is 29.7 Å². The van der Waals surface area contributed by atoms with Crippen LogP contribution in [-0.2, 0) is 19.2 Å². The van der Waals surface area contributed by atoms with Gasteiger partial charge in [-0.2, -0.15) is 0 Å². The first-order valence-electron chi connectivity index (χ1n) is 13.3. The molecule has 0 spiro atoms. The summed E-state index contributed by atoms with van der Waals surface area (Å²) in [5.41, 5.74) is 0. The lowest BCUT2D eigenvalue weighted by atomic mass is 10.1. The van der Waals surface area contributed by atoms with Crippen LogP contribution < -0.4 is 16.0 Å². The maximum absolute atomic E-state index is 12.1. The average molecular weight is 565 g/mol. The van der Waals surface area contributed by atoms with Crippen molar-refractivity contribution in [3.05, 3.63) is 0 Å². The number of nitrogens with zero attached hydrogens (tertiary/aromatic N) is 1. The fraction of sp³-hybridized carbons (Fsp3) is 0.840. The van der Waals surface area contributed by atoms with Gasteiger partial charge in [-0.1, -0.05) is 60.1 Å². The molecule has 0 fully saturated rings. The largest absolute Gasteiger partial charge is 0.480 e. The molecule has 0 rings (SSSR count). The number of carboxylic acid groups (broad SMARTS) is 2. The molecule has 0 aliphatic carbocycles. The Morgan fingerprint density at radius 1 is 0.676 bits per heavy atom. The van der Waals surface area contributed by atoms with Gasteiger partial charge in [0.05, 0.1) is 0 Å². The summed E-state index contributed by atoms with van der Waals surface area (Å²) < 4.78 is 0. The standard InChI is InChI=1S/C25H48N4O6S2/c1-26-16-12-8-4-6-10-14-22(30)27-20(24(32)33)18-36-37-19-21(25(34)35)28-23(31)15-11-7-5-9-13-17-29(2)3/h20-21,26H,4-19H2,1-3H3,(H,27,30)(H,28,31)(H,32,33)(H,34,35). The van der Waals surface area contributed by atoms with Gasteiger partial charge in [0.25, 0.3) is 0 Å². The highest BCUT2D eigenvalue weighted by atomic mass is 33.1. The third-order valence-corrected chi connectivity index (χ3v) is 8.08. The summed E-state index contributed by atoms with van der Waals surface area (Å²) in [5.74, 6) is -2.63. The molecule has 0 aromatic carbocycles. The number of aliphatic carboxylic acids is 2. The van der Waals surface area contributed by atoms with Crippen LogP contribution in [0.25, 0.3) is 0 Å². The lowest BCUT2D eigenvalue weighted by Gasteiger charge is -2.16. The van der Waals surface area contributed by atoms with E-state index in [1.54, 1.807) is 0 Å². The summed E-state index contributed by atoms with van der Waals surface area (Å²) in [7, 11) is 8.34. The third-order valence-electron chi connectivity index (χ3n) is 5.66. The normalized spacial score (nSPS) is 12.8. The molecule has 12 heteroatoms. The number of carbonyl (C=O) groups excluding carboxylic acids is 2. The number of hydrogen-bond acceptors (Lipinski definition) is 8. The molecule has 2 unspecified atom stereocenters. The minimum absolute atomic E-state index is 0.101. The molecule has 0 aliphatic heterocycles. The first-order valence-corrected chi connectivity index (χ1v) is 15.7. The molecule has 37 heavy (non-hydrogen) atoms. The highest BCUT2D eigenvalue weighted by Crippen LogP contribution is 2.23. The number of carbonyl (C=O) groups is 4. The van der Waals surface area contributed by atoms with Crippen molar-refractivity contribution in [2.75, 3.05) is 45.7 Å². The SMILES string of the molecule is CNCCCCCCCC(=O)NC(CSSCC(NC(=O)CCCCCCCN(C)C)C(=O)O)C(=O)O. The van der Waals surface area contributed by atoms with Crippen molar-refractivity contribution >= 4 is 45.3 Å². The van der Waals surface area contributed by atoms with Crippen LogP contribution in [0.4, 0.5) is 0 Å². The van der Waals surface area contributed by atoms with Crippen LogP contribution in [0.15, 0.2) is 0 Å². The summed E-state index contributed by atoms with van der Waals surface area (Å²) in [6, 6.07) is -2.09. The maximum atomic E-state index is 12.1. The van der Waals surface area contributed by atoms with Gasteiger partial charge >= 0.3 is 11.9 Å². The molecule has 216 valence electrons. The van der Waals surface area contributed by atoms with Gasteiger partial charge in [0.1, 0.15) is 12.1 Å². The van der Waals surface area contributed by atoms with Gasteiger partial charge in [-0.05, 0) is 59.9 Å². The summed E-state index contributed by atoms with van der Waals surface area (Å²) >= 11 is 0. The molecule has 0 heterocycles. The molecular formula is C25H48N4O6S2. The van der Waals surface area contributed by atoms with Gasteiger partial charge < -0.3 is 31.1 Å². The molecule has 0 radical (unpaired) electrons. The predicted molar refractivity (Wildman–Crippen MR) is 152 cm³/mol. The van der Waals surface area contributed by atoms with Gasteiger partial charge in [-0.3, -0.25) is 9.59 Å². The van der Waals surface area contributed by atoms with Crippen molar-refractivity contribution < 1.29 is 29.4 Å². The van der Waals surface area contributed by atoms with E-state index in [1.807, 2.05) is 21.1 Å². The molecule has 5 N–H and O–H groups in total. The number of carboxylic acids is 2. The van der Waals surface area contributed by atoms with Crippen LogP contribution in [0.3, 0.4) is 0 Å². The molecule has 0 saturated heterocycles. The van der Waals surface area contributed by atoms with Crippen molar-refractivity contribution in [2.45, 2.75) is 89.1 Å². The summed E-state index contributed by atoms with van der Waals surface area (Å²) in [4.78, 5) is 49.4. The quantitative estimate of drug-likeness (QED) is 0.0828. The van der Waals surface area contributed by atoms with Crippen LogP contribution in [0.1, 0.15) is 77.0 Å². The van der Waals surface area contributed by atoms with Gasteiger partial charge in [-0.15, -0.1) is 0 Å². The lowest BCUT2D eigenvalue weighted by molar-refractivity contribution is -0.141. The van der Waals surface area contributed by atoms with Crippen LogP contribution >= 0.6 is 21.6 Å². The lowest BCUT2D eigenvalue weighted by Crippen LogP contribution is -2.43. The molecule has 2 atom stereocenters. The minimum atomic E-state index is -1.13. The summed E-state index contributed by atoms with van der Waals surface area (Å²) in [5, 5.41) is 27.0. The first-order chi connectivity index (χ1) is 17.7. The van der Waals surface area contributed by atoms with E-state index in [4.69, 9.17) is 0 Å². The van der Waals surface area contributed by atoms with E-state index in [0.717, 1.165) is 77.3 Å². The molecule has 2 amide bonds. The number of unbranched alkanes of at least 4 members (excludes halogenated alkanes) is 8. The Bertz CT molecular complexity index is 655. The maximum Gasteiger partial charge on any atom is 0.327 e. The Hall–Kier alpha value is -1.50. The van der Waals surface area contributed by atoms with Crippen molar-refractivity contribution in [3.8, 4) is 0 Å². The van der Waals surface area contributed by atoms with Gasteiger partial charge in [0, 0.05) is 24.3 Å². The van der Waals surface area contributed by atoms with E-state index in [9.17, 15) is 29.4 Å². The van der Waals surface area contributed by atoms with Crippen molar-refractivity contribution in [3.63, 3.8) is 0 Å². The fourth-order valence-corrected chi connectivity index (χ4v) is 5.79. The van der Waals surface area contributed by atoms with Crippen LogP contribution in [0, 0.1) is 0 Å². The average Bonchev–Trinajstić information content (AvgIpc) is 2.83. The first kappa shape index (κ1) is 35.5. The number of hydrogen-bond donors (Lipinski definition) is 5. The highest BCUT2D eigenvalue weighted by Gasteiger charge is 2.22. The van der Waals surface area contributed by atoms with Crippen LogP contribution in [-0.4, -0.2) is 96.7 Å². The summed E-state index contributed by atoms with van der Waals surface area (Å²) in [6.45, 7) is 2.03. The topological polar surface area (TPSA) is 148 Å². The minimum Gasteiger partial charge on any atom is -0.480 e. The van der Waals surface area contributed by atoms with Gasteiger partial charge in [-0.25, -0.2) is 9.59 Å². The molecule has 0 aliphatic rings. The van der Waals surface area contributed by atoms with E-state index in [2.05, 4.69) is 20.9 Å². The Morgan fingerprint density at radius 2 is 1.08 bits per heavy atom.